The second-order valence-corrected chi connectivity index (χ2v) is 9.69. The Morgan fingerprint density at radius 1 is 1.10 bits per heavy atom. The lowest BCUT2D eigenvalue weighted by atomic mass is 10.1. The number of nitrogens with zero attached hydrogens (tertiary/aromatic N) is 6. The summed E-state index contributed by atoms with van der Waals surface area (Å²) in [5.74, 6) is -0.661. The second kappa shape index (κ2) is 12.6. The molecule has 2 aliphatic rings. The van der Waals surface area contributed by atoms with Crippen molar-refractivity contribution in [1.82, 2.24) is 24.8 Å². The molecule has 2 aliphatic heterocycles. The molecule has 2 N–H and O–H groups in total. The minimum Gasteiger partial charge on any atom is -0.396 e. The van der Waals surface area contributed by atoms with Crippen LogP contribution in [0.3, 0.4) is 0 Å². The highest BCUT2D eigenvalue weighted by Crippen LogP contribution is 2.28. The minimum atomic E-state index is -3.03. The number of halogens is 2. The highest BCUT2D eigenvalue weighted by Gasteiger charge is 2.29. The third kappa shape index (κ3) is 6.57. The molecule has 2 aromatic heterocycles. The van der Waals surface area contributed by atoms with E-state index in [1.54, 1.807) is 12.4 Å². The lowest BCUT2D eigenvalue weighted by molar-refractivity contribution is -0.149. The number of morpholine rings is 1. The third-order valence-electron chi connectivity index (χ3n) is 7.12. The smallest absolute Gasteiger partial charge is 0.315 e. The van der Waals surface area contributed by atoms with Gasteiger partial charge in [0, 0.05) is 82.6 Å². The van der Waals surface area contributed by atoms with Gasteiger partial charge in [-0.25, -0.2) is 9.97 Å². The molecule has 1 atom stereocenters. The lowest BCUT2D eigenvalue weighted by Crippen LogP contribution is -2.49. The number of hydrogen-bond acceptors (Lipinski definition) is 9. The lowest BCUT2D eigenvalue weighted by Gasteiger charge is -2.36. The number of benzene rings is 1. The van der Waals surface area contributed by atoms with E-state index in [0.29, 0.717) is 16.9 Å². The van der Waals surface area contributed by atoms with Gasteiger partial charge in [0.25, 0.3) is 5.91 Å². The maximum atomic E-state index is 12.9. The largest absolute Gasteiger partial charge is 0.396 e. The van der Waals surface area contributed by atoms with Crippen LogP contribution in [0, 0.1) is 0 Å². The first-order chi connectivity index (χ1) is 19.0. The molecule has 0 bridgehead atoms. The van der Waals surface area contributed by atoms with Crippen LogP contribution in [-0.2, 0) is 9.53 Å². The number of anilines is 2. The fourth-order valence-electron chi connectivity index (χ4n) is 5.00. The van der Waals surface area contributed by atoms with Crippen molar-refractivity contribution >= 4 is 28.4 Å². The van der Waals surface area contributed by atoms with Gasteiger partial charge >= 0.3 is 6.43 Å². The van der Waals surface area contributed by atoms with Gasteiger partial charge in [-0.2, -0.15) is 8.78 Å². The Balaban J connectivity index is 1.28. The maximum Gasteiger partial charge on any atom is 0.315 e. The highest BCUT2D eigenvalue weighted by molar-refractivity contribution is 5.88. The first-order valence-electron chi connectivity index (χ1n) is 13.2. The van der Waals surface area contributed by atoms with Gasteiger partial charge < -0.3 is 25.0 Å². The van der Waals surface area contributed by atoms with Crippen molar-refractivity contribution in [2.24, 2.45) is 0 Å². The zero-order valence-electron chi connectivity index (χ0n) is 21.7. The van der Waals surface area contributed by atoms with E-state index in [2.05, 4.69) is 37.2 Å². The van der Waals surface area contributed by atoms with E-state index in [1.807, 2.05) is 18.2 Å². The summed E-state index contributed by atoms with van der Waals surface area (Å²) >= 11 is 0. The summed E-state index contributed by atoms with van der Waals surface area (Å²) in [6.45, 7) is 5.67. The molecular weight excluding hydrogens is 508 g/mol. The normalized spacial score (nSPS) is 18.6. The number of aliphatic hydroxyl groups excluding tert-OH is 1. The fourth-order valence-corrected chi connectivity index (χ4v) is 5.00. The molecular formula is C27H33F2N7O3. The Morgan fingerprint density at radius 2 is 1.87 bits per heavy atom. The molecule has 1 amide bonds. The zero-order chi connectivity index (χ0) is 27.2. The van der Waals surface area contributed by atoms with Crippen LogP contribution in [0.15, 0.2) is 42.7 Å². The molecule has 4 heterocycles. The average molecular weight is 542 g/mol. The van der Waals surface area contributed by atoms with Crippen molar-refractivity contribution in [3.05, 3.63) is 42.7 Å². The number of aliphatic hydroxyl groups is 1. The SMILES string of the molecule is O=C(C(F)F)N1CCO[C@H](CNc2nc(-c3ccc(N4CCN(CCCO)CC4)cc3)cc3nccnc23)C1. The highest BCUT2D eigenvalue weighted by atomic mass is 19.3. The number of amides is 1. The van der Waals surface area contributed by atoms with E-state index in [4.69, 9.17) is 14.8 Å². The van der Waals surface area contributed by atoms with Crippen LogP contribution in [0.1, 0.15) is 6.42 Å². The molecule has 0 aliphatic carbocycles. The number of piperazine rings is 1. The molecule has 0 spiro atoms. The molecule has 12 heteroatoms. The first kappa shape index (κ1) is 27.1. The Bertz CT molecular complexity index is 1260. The summed E-state index contributed by atoms with van der Waals surface area (Å²) in [6, 6.07) is 10.2. The van der Waals surface area contributed by atoms with Gasteiger partial charge in [-0.15, -0.1) is 0 Å². The molecule has 5 rings (SSSR count). The second-order valence-electron chi connectivity index (χ2n) is 9.69. The molecule has 3 aromatic rings. The molecule has 0 radical (unpaired) electrons. The summed E-state index contributed by atoms with van der Waals surface area (Å²) in [5, 5.41) is 12.3. The number of hydrogen-bond donors (Lipinski definition) is 2. The molecule has 2 saturated heterocycles. The summed E-state index contributed by atoms with van der Waals surface area (Å²) in [7, 11) is 0. The van der Waals surface area contributed by atoms with Crippen LogP contribution in [-0.4, -0.2) is 114 Å². The predicted molar refractivity (Wildman–Crippen MR) is 144 cm³/mol. The van der Waals surface area contributed by atoms with Crippen LogP contribution in [0.4, 0.5) is 20.3 Å². The number of nitrogens with one attached hydrogen (secondary N) is 1. The Labute approximate surface area is 225 Å². The standard InChI is InChI=1S/C27H33F2N7O3/c28-25(29)27(38)36-13-15-39-21(18-36)17-32-26-24-23(30-6-7-31-24)16-22(33-26)19-2-4-20(5-3-19)35-11-9-34(10-12-35)8-1-14-37/h2-7,16,21,25,37H,1,8-15,17-18H2,(H,32,33)/t21-/m1/s1. The van der Waals surface area contributed by atoms with Gasteiger partial charge in [-0.1, -0.05) is 12.1 Å². The van der Waals surface area contributed by atoms with Crippen molar-refractivity contribution in [3.63, 3.8) is 0 Å². The maximum absolute atomic E-state index is 12.9. The number of pyridine rings is 1. The van der Waals surface area contributed by atoms with E-state index >= 15 is 0 Å². The van der Waals surface area contributed by atoms with Gasteiger partial charge in [-0.3, -0.25) is 14.7 Å². The Kier molecular flexibility index (Phi) is 8.74. The zero-order valence-corrected chi connectivity index (χ0v) is 21.7. The van der Waals surface area contributed by atoms with Gasteiger partial charge in [0.2, 0.25) is 0 Å². The topological polar surface area (TPSA) is 107 Å². The number of carbonyl (C=O) groups is 1. The Morgan fingerprint density at radius 3 is 2.62 bits per heavy atom. The molecule has 2 fully saturated rings. The number of carbonyl (C=O) groups excluding carboxylic acids is 1. The van der Waals surface area contributed by atoms with E-state index in [-0.39, 0.29) is 32.8 Å². The van der Waals surface area contributed by atoms with Gasteiger partial charge in [0.05, 0.1) is 23.9 Å². The first-order valence-corrected chi connectivity index (χ1v) is 13.2. The third-order valence-corrected chi connectivity index (χ3v) is 7.12. The number of ether oxygens (including phenoxy) is 1. The molecule has 208 valence electrons. The van der Waals surface area contributed by atoms with Gasteiger partial charge in [0.15, 0.2) is 5.82 Å². The van der Waals surface area contributed by atoms with E-state index < -0.39 is 18.4 Å². The van der Waals surface area contributed by atoms with Gasteiger partial charge in [-0.05, 0) is 24.6 Å². The van der Waals surface area contributed by atoms with Crippen molar-refractivity contribution < 1.29 is 23.4 Å². The molecule has 0 saturated carbocycles. The quantitative estimate of drug-likeness (QED) is 0.421. The molecule has 0 unspecified atom stereocenters. The average Bonchev–Trinajstić information content (AvgIpc) is 2.98. The Hall–Kier alpha value is -3.48. The van der Waals surface area contributed by atoms with Crippen LogP contribution in [0.5, 0.6) is 0 Å². The number of aromatic nitrogens is 3. The van der Waals surface area contributed by atoms with Crippen LogP contribution >= 0.6 is 0 Å². The summed E-state index contributed by atoms with van der Waals surface area (Å²) in [4.78, 5) is 31.3. The van der Waals surface area contributed by atoms with E-state index in [1.165, 1.54) is 0 Å². The minimum absolute atomic E-state index is 0.0800. The molecule has 39 heavy (non-hydrogen) atoms. The van der Waals surface area contributed by atoms with Crippen molar-refractivity contribution in [1.29, 1.82) is 0 Å². The van der Waals surface area contributed by atoms with Gasteiger partial charge in [0.1, 0.15) is 5.52 Å². The van der Waals surface area contributed by atoms with Crippen molar-refractivity contribution in [3.8, 4) is 11.3 Å². The number of fused-ring (bicyclic) bond motifs is 1. The summed E-state index contributed by atoms with van der Waals surface area (Å²) in [6.07, 6.45) is 0.535. The predicted octanol–water partition coefficient (Wildman–Crippen LogP) is 2.10. The summed E-state index contributed by atoms with van der Waals surface area (Å²) in [5.41, 5.74) is 4.07. The van der Waals surface area contributed by atoms with E-state index in [9.17, 15) is 13.6 Å². The number of alkyl halides is 2. The fraction of sp³-hybridized carbons (Fsp3) is 0.481. The van der Waals surface area contributed by atoms with Crippen LogP contribution in [0.2, 0.25) is 0 Å². The van der Waals surface area contributed by atoms with Crippen LogP contribution in [0.25, 0.3) is 22.3 Å². The van der Waals surface area contributed by atoms with E-state index in [0.717, 1.165) is 61.0 Å². The van der Waals surface area contributed by atoms with Crippen molar-refractivity contribution in [2.75, 3.05) is 75.8 Å². The monoisotopic (exact) mass is 541 g/mol. The van der Waals surface area contributed by atoms with Crippen LogP contribution < -0.4 is 10.2 Å². The molecule has 10 nitrogen and oxygen atoms in total. The number of rotatable bonds is 9. The molecule has 1 aromatic carbocycles. The van der Waals surface area contributed by atoms with Crippen molar-refractivity contribution in [2.45, 2.75) is 19.0 Å². The summed E-state index contributed by atoms with van der Waals surface area (Å²) < 4.78 is 31.4.